The van der Waals surface area contributed by atoms with Crippen LogP contribution in [0.1, 0.15) is 18.5 Å². The van der Waals surface area contributed by atoms with E-state index in [1.54, 1.807) is 11.8 Å². The maximum atomic E-state index is 5.81. The Hall–Kier alpha value is -1.45. The van der Waals surface area contributed by atoms with E-state index >= 15 is 0 Å². The van der Waals surface area contributed by atoms with Crippen LogP contribution in [-0.4, -0.2) is 12.4 Å². The smallest absolute Gasteiger partial charge is 0.119 e. The van der Waals surface area contributed by atoms with E-state index in [-0.39, 0.29) is 6.04 Å². The lowest BCUT2D eigenvalue weighted by Crippen LogP contribution is -2.05. The Balaban J connectivity index is 1.74. The lowest BCUT2D eigenvalue weighted by atomic mass is 10.1. The van der Waals surface area contributed by atoms with Crippen LogP contribution in [0.3, 0.4) is 0 Å². The summed E-state index contributed by atoms with van der Waals surface area (Å²) in [6.07, 6.45) is 0. The van der Waals surface area contributed by atoms with Gasteiger partial charge in [-0.2, -0.15) is 0 Å². The van der Waals surface area contributed by atoms with Crippen molar-refractivity contribution in [2.75, 3.05) is 12.4 Å². The van der Waals surface area contributed by atoms with Crippen LogP contribution in [0.2, 0.25) is 0 Å². The Morgan fingerprint density at radius 2 is 1.74 bits per heavy atom. The van der Waals surface area contributed by atoms with Gasteiger partial charge in [-0.25, -0.2) is 0 Å². The molecule has 0 saturated carbocycles. The van der Waals surface area contributed by atoms with E-state index in [0.29, 0.717) is 6.61 Å². The highest BCUT2D eigenvalue weighted by Gasteiger charge is 1.99. The van der Waals surface area contributed by atoms with Crippen molar-refractivity contribution in [3.05, 3.63) is 60.2 Å². The zero-order valence-electron chi connectivity index (χ0n) is 11.1. The van der Waals surface area contributed by atoms with E-state index < -0.39 is 0 Å². The Morgan fingerprint density at radius 3 is 2.37 bits per heavy atom. The Labute approximate surface area is 119 Å². The first-order chi connectivity index (χ1) is 9.25. The van der Waals surface area contributed by atoms with Crippen LogP contribution in [0.25, 0.3) is 0 Å². The molecule has 0 aliphatic carbocycles. The summed E-state index contributed by atoms with van der Waals surface area (Å²) in [6.45, 7) is 2.68. The van der Waals surface area contributed by atoms with Crippen LogP contribution in [0.5, 0.6) is 5.75 Å². The van der Waals surface area contributed by atoms with E-state index in [9.17, 15) is 0 Å². The molecule has 1 atom stereocenters. The first-order valence-electron chi connectivity index (χ1n) is 6.42. The van der Waals surface area contributed by atoms with Gasteiger partial charge in [-0.1, -0.05) is 30.3 Å². The zero-order valence-corrected chi connectivity index (χ0v) is 11.9. The number of hydrogen-bond acceptors (Lipinski definition) is 3. The normalized spacial score (nSPS) is 12.1. The number of benzene rings is 2. The number of ether oxygens (including phenoxy) is 1. The van der Waals surface area contributed by atoms with Crippen molar-refractivity contribution in [2.45, 2.75) is 17.9 Å². The standard InChI is InChI=1S/C16H19NOS/c1-13(17)14-7-9-15(10-8-14)18-11-12-19-16-5-3-2-4-6-16/h2-10,13H,11-12,17H2,1H3/t13-/m0/s1. The summed E-state index contributed by atoms with van der Waals surface area (Å²) in [5.41, 5.74) is 6.94. The van der Waals surface area contributed by atoms with Crippen molar-refractivity contribution < 1.29 is 4.74 Å². The summed E-state index contributed by atoms with van der Waals surface area (Å²) < 4.78 is 5.70. The van der Waals surface area contributed by atoms with Crippen LogP contribution in [-0.2, 0) is 0 Å². The minimum absolute atomic E-state index is 0.0719. The van der Waals surface area contributed by atoms with Crippen molar-refractivity contribution in [3.63, 3.8) is 0 Å². The fraction of sp³-hybridized carbons (Fsp3) is 0.250. The van der Waals surface area contributed by atoms with Gasteiger partial charge in [0.25, 0.3) is 0 Å². The maximum absolute atomic E-state index is 5.81. The summed E-state index contributed by atoms with van der Waals surface area (Å²) in [7, 11) is 0. The van der Waals surface area contributed by atoms with Gasteiger partial charge >= 0.3 is 0 Å². The number of thioether (sulfide) groups is 1. The minimum Gasteiger partial charge on any atom is -0.493 e. The van der Waals surface area contributed by atoms with Gasteiger partial charge < -0.3 is 10.5 Å². The van der Waals surface area contributed by atoms with Gasteiger partial charge in [-0.3, -0.25) is 0 Å². The Bertz CT molecular complexity index is 482. The summed E-state index contributed by atoms with van der Waals surface area (Å²) in [4.78, 5) is 1.28. The molecule has 0 saturated heterocycles. The van der Waals surface area contributed by atoms with Gasteiger partial charge in [-0.05, 0) is 36.8 Å². The molecule has 2 N–H and O–H groups in total. The summed E-state index contributed by atoms with van der Waals surface area (Å²) in [5.74, 6) is 1.84. The second-order valence-electron chi connectivity index (χ2n) is 4.37. The third-order valence-corrected chi connectivity index (χ3v) is 3.75. The molecule has 0 radical (unpaired) electrons. The zero-order chi connectivity index (χ0) is 13.5. The van der Waals surface area contributed by atoms with E-state index in [0.717, 1.165) is 17.1 Å². The lowest BCUT2D eigenvalue weighted by Gasteiger charge is -2.08. The number of nitrogens with two attached hydrogens (primary N) is 1. The van der Waals surface area contributed by atoms with E-state index in [1.807, 2.05) is 37.3 Å². The average molecular weight is 273 g/mol. The molecule has 0 spiro atoms. The predicted molar refractivity (Wildman–Crippen MR) is 81.7 cm³/mol. The first kappa shape index (κ1) is 14.0. The van der Waals surface area contributed by atoms with Crippen molar-refractivity contribution >= 4 is 11.8 Å². The molecule has 0 unspecified atom stereocenters. The molecule has 2 aromatic carbocycles. The monoisotopic (exact) mass is 273 g/mol. The quantitative estimate of drug-likeness (QED) is 0.641. The Kier molecular flexibility index (Phi) is 5.31. The predicted octanol–water partition coefficient (Wildman–Crippen LogP) is 3.88. The van der Waals surface area contributed by atoms with Crippen molar-refractivity contribution in [1.82, 2.24) is 0 Å². The number of hydrogen-bond donors (Lipinski definition) is 1. The molecule has 0 aromatic heterocycles. The molecular weight excluding hydrogens is 254 g/mol. The van der Waals surface area contributed by atoms with Gasteiger partial charge in [0, 0.05) is 16.7 Å². The van der Waals surface area contributed by atoms with E-state index in [1.165, 1.54) is 4.90 Å². The van der Waals surface area contributed by atoms with Crippen LogP contribution < -0.4 is 10.5 Å². The minimum atomic E-state index is 0.0719. The maximum Gasteiger partial charge on any atom is 0.119 e. The fourth-order valence-corrected chi connectivity index (χ4v) is 2.46. The molecule has 100 valence electrons. The largest absolute Gasteiger partial charge is 0.493 e. The number of rotatable bonds is 6. The highest BCUT2D eigenvalue weighted by atomic mass is 32.2. The third-order valence-electron chi connectivity index (χ3n) is 2.77. The summed E-state index contributed by atoms with van der Waals surface area (Å²) in [6, 6.07) is 18.4. The van der Waals surface area contributed by atoms with Crippen LogP contribution in [0.4, 0.5) is 0 Å². The van der Waals surface area contributed by atoms with Gasteiger partial charge in [-0.15, -0.1) is 11.8 Å². The molecular formula is C16H19NOS. The fourth-order valence-electron chi connectivity index (χ4n) is 1.70. The van der Waals surface area contributed by atoms with E-state index in [4.69, 9.17) is 10.5 Å². The second-order valence-corrected chi connectivity index (χ2v) is 5.54. The first-order valence-corrected chi connectivity index (χ1v) is 7.40. The molecule has 3 heteroatoms. The molecule has 0 bridgehead atoms. The summed E-state index contributed by atoms with van der Waals surface area (Å²) >= 11 is 1.80. The highest BCUT2D eigenvalue weighted by molar-refractivity contribution is 7.99. The Morgan fingerprint density at radius 1 is 1.05 bits per heavy atom. The van der Waals surface area contributed by atoms with Crippen LogP contribution >= 0.6 is 11.8 Å². The third kappa shape index (κ3) is 4.62. The van der Waals surface area contributed by atoms with Crippen LogP contribution in [0, 0.1) is 0 Å². The lowest BCUT2D eigenvalue weighted by molar-refractivity contribution is 0.344. The molecule has 2 aromatic rings. The summed E-state index contributed by atoms with van der Waals surface area (Å²) in [5, 5.41) is 0. The molecule has 2 rings (SSSR count). The van der Waals surface area contributed by atoms with Crippen molar-refractivity contribution in [3.8, 4) is 5.75 Å². The SMILES string of the molecule is C[C@H](N)c1ccc(OCCSc2ccccc2)cc1. The van der Waals surface area contributed by atoms with Gasteiger partial charge in [0.05, 0.1) is 6.61 Å². The van der Waals surface area contributed by atoms with Gasteiger partial charge in [0.15, 0.2) is 0 Å². The average Bonchev–Trinajstić information content (AvgIpc) is 2.45. The molecule has 19 heavy (non-hydrogen) atoms. The van der Waals surface area contributed by atoms with Crippen LogP contribution in [0.15, 0.2) is 59.5 Å². The molecule has 0 amide bonds. The molecule has 0 heterocycles. The molecule has 0 aliphatic heterocycles. The molecule has 0 aliphatic rings. The van der Waals surface area contributed by atoms with Crippen molar-refractivity contribution in [1.29, 1.82) is 0 Å². The van der Waals surface area contributed by atoms with Crippen molar-refractivity contribution in [2.24, 2.45) is 5.73 Å². The highest BCUT2D eigenvalue weighted by Crippen LogP contribution is 2.19. The molecule has 2 nitrogen and oxygen atoms in total. The second kappa shape index (κ2) is 7.22. The van der Waals surface area contributed by atoms with Gasteiger partial charge in [0.2, 0.25) is 0 Å². The van der Waals surface area contributed by atoms with Gasteiger partial charge in [0.1, 0.15) is 5.75 Å². The topological polar surface area (TPSA) is 35.2 Å². The molecule has 0 fully saturated rings. The van der Waals surface area contributed by atoms with E-state index in [2.05, 4.69) is 24.3 Å².